The van der Waals surface area contributed by atoms with E-state index in [4.69, 9.17) is 22.1 Å². The number of nitrogens with zero attached hydrogens (tertiary/aromatic N) is 3. The minimum atomic E-state index is 0.411. The van der Waals surface area contributed by atoms with Crippen LogP contribution in [0.25, 0.3) is 72.9 Å². The molecule has 3 aromatic heterocycles. The average Bonchev–Trinajstić information content (AvgIpc) is 3.10. The van der Waals surface area contributed by atoms with Gasteiger partial charge in [-0.3, -0.25) is 0 Å². The molecule has 0 saturated heterocycles. The van der Waals surface area contributed by atoms with Gasteiger partial charge in [-0.1, -0.05) is 91.4 Å². The summed E-state index contributed by atoms with van der Waals surface area (Å²) in [4.78, 5) is 14.8. The summed E-state index contributed by atoms with van der Waals surface area (Å²) < 4.78 is 0. The van der Waals surface area contributed by atoms with Gasteiger partial charge in [0.15, 0.2) is 0 Å². The average molecular weight is 608 g/mol. The molecule has 0 fully saturated rings. The summed E-state index contributed by atoms with van der Waals surface area (Å²) >= 11 is 0. The third-order valence-electron chi connectivity index (χ3n) is 8.61. The molecule has 0 saturated carbocycles. The van der Waals surface area contributed by atoms with Crippen molar-refractivity contribution in [3.63, 3.8) is 0 Å². The van der Waals surface area contributed by atoms with Crippen LogP contribution in [0, 0.1) is 19.3 Å². The monoisotopic (exact) mass is 607 g/mol. The molecule has 47 heavy (non-hydrogen) atoms. The number of nitrogens with one attached hydrogen (secondary N) is 1. The first kappa shape index (κ1) is 29.5. The molecule has 0 aliphatic heterocycles. The zero-order chi connectivity index (χ0) is 32.5. The second kappa shape index (κ2) is 12.3. The van der Waals surface area contributed by atoms with E-state index in [1.807, 2.05) is 19.2 Å². The molecule has 0 radical (unpaired) electrons. The van der Waals surface area contributed by atoms with Crippen LogP contribution in [0.2, 0.25) is 0 Å². The maximum absolute atomic E-state index is 5.84. The first-order valence-corrected chi connectivity index (χ1v) is 15.5. The van der Waals surface area contributed by atoms with E-state index in [2.05, 4.69) is 127 Å². The van der Waals surface area contributed by atoms with Crippen molar-refractivity contribution in [3.05, 3.63) is 137 Å². The van der Waals surface area contributed by atoms with Crippen LogP contribution in [0.1, 0.15) is 16.8 Å². The number of terminal acetylenes is 1. The topological polar surface area (TPSA) is 76.7 Å². The van der Waals surface area contributed by atoms with Crippen LogP contribution in [0.4, 0.5) is 5.69 Å². The summed E-state index contributed by atoms with van der Waals surface area (Å²) in [6.07, 6.45) is 10.0. The first-order chi connectivity index (χ1) is 22.9. The highest BCUT2D eigenvalue weighted by molar-refractivity contribution is 6.05. The van der Waals surface area contributed by atoms with Crippen molar-refractivity contribution in [3.8, 4) is 34.9 Å². The number of aryl methyl sites for hydroxylation is 1. The lowest BCUT2D eigenvalue weighted by molar-refractivity contribution is 1.17. The van der Waals surface area contributed by atoms with Gasteiger partial charge < -0.3 is 11.1 Å². The second-order valence-electron chi connectivity index (χ2n) is 11.6. The molecule has 7 rings (SSSR count). The summed E-state index contributed by atoms with van der Waals surface area (Å²) in [7, 11) is 1.95. The molecule has 0 aliphatic rings. The van der Waals surface area contributed by atoms with Crippen molar-refractivity contribution in [1.29, 1.82) is 0 Å². The molecule has 0 unspecified atom stereocenters. The van der Waals surface area contributed by atoms with Crippen molar-refractivity contribution in [2.75, 3.05) is 12.4 Å². The summed E-state index contributed by atoms with van der Waals surface area (Å²) in [5, 5.41) is 9.47. The Morgan fingerprint density at radius 1 is 0.830 bits per heavy atom. The maximum atomic E-state index is 5.84. The van der Waals surface area contributed by atoms with Gasteiger partial charge in [-0.15, -0.1) is 6.42 Å². The number of anilines is 1. The zero-order valence-electron chi connectivity index (χ0n) is 26.4. The maximum Gasteiger partial charge on any atom is 0.0943 e. The second-order valence-corrected chi connectivity index (χ2v) is 11.6. The fraction of sp³-hybridized carbons (Fsp3) is 0.0714. The molecule has 4 aromatic carbocycles. The Bertz CT molecular complexity index is 2540. The van der Waals surface area contributed by atoms with Gasteiger partial charge in [-0.25, -0.2) is 15.0 Å². The Balaban J connectivity index is 1.24. The van der Waals surface area contributed by atoms with Gasteiger partial charge in [0, 0.05) is 35.0 Å². The minimum Gasteiger partial charge on any atom is -0.397 e. The van der Waals surface area contributed by atoms with E-state index in [-0.39, 0.29) is 0 Å². The summed E-state index contributed by atoms with van der Waals surface area (Å²) in [5.74, 6) is 2.57. The van der Waals surface area contributed by atoms with Crippen LogP contribution in [-0.4, -0.2) is 22.0 Å². The number of aromatic nitrogens is 3. The molecule has 3 N–H and O–H groups in total. The lowest BCUT2D eigenvalue weighted by Gasteiger charge is -2.14. The molecular weight excluding hydrogens is 574 g/mol. The highest BCUT2D eigenvalue weighted by Gasteiger charge is 2.13. The van der Waals surface area contributed by atoms with E-state index >= 15 is 0 Å². The Hall–Kier alpha value is -6.25. The normalized spacial score (nSPS) is 12.1. The molecule has 0 bridgehead atoms. The van der Waals surface area contributed by atoms with Crippen LogP contribution in [0.5, 0.6) is 0 Å². The predicted molar refractivity (Wildman–Crippen MR) is 198 cm³/mol. The van der Waals surface area contributed by atoms with Gasteiger partial charge in [0.25, 0.3) is 0 Å². The van der Waals surface area contributed by atoms with E-state index in [0.29, 0.717) is 16.7 Å². The molecule has 0 spiro atoms. The number of hydrogen-bond donors (Lipinski definition) is 2. The Kier molecular flexibility index (Phi) is 7.69. The third-order valence-corrected chi connectivity index (χ3v) is 8.61. The lowest BCUT2D eigenvalue weighted by Crippen LogP contribution is -2.29. The Morgan fingerprint density at radius 3 is 2.23 bits per heavy atom. The highest BCUT2D eigenvalue weighted by atomic mass is 14.9. The van der Waals surface area contributed by atoms with Gasteiger partial charge in [-0.05, 0) is 70.8 Å². The fourth-order valence-electron chi connectivity index (χ4n) is 6.21. The van der Waals surface area contributed by atoms with Gasteiger partial charge in [0.1, 0.15) is 0 Å². The van der Waals surface area contributed by atoms with Crippen molar-refractivity contribution >= 4 is 56.1 Å². The van der Waals surface area contributed by atoms with Crippen molar-refractivity contribution in [1.82, 2.24) is 15.0 Å². The predicted octanol–water partition coefficient (Wildman–Crippen LogP) is 7.38. The van der Waals surface area contributed by atoms with Crippen LogP contribution in [0.15, 0.2) is 110 Å². The van der Waals surface area contributed by atoms with Crippen LogP contribution in [-0.2, 0) is 6.42 Å². The van der Waals surface area contributed by atoms with E-state index in [0.717, 1.165) is 72.4 Å². The molecule has 226 valence electrons. The Labute approximate surface area is 273 Å². The molecule has 0 aliphatic carbocycles. The SMILES string of the molecule is C#C/C=c1/nc(C(=C)N)cc/c1=C/Cc1ccc2nc(-c3ccc(-c4ccc5ccc(C)c(NC)c5n4)c4ccccc34)ccc2c1. The van der Waals surface area contributed by atoms with E-state index in [1.165, 1.54) is 11.1 Å². The number of benzene rings is 4. The summed E-state index contributed by atoms with van der Waals surface area (Å²) in [5.41, 5.74) is 16.3. The van der Waals surface area contributed by atoms with Crippen LogP contribution in [0.3, 0.4) is 0 Å². The van der Waals surface area contributed by atoms with Crippen LogP contribution >= 0.6 is 0 Å². The van der Waals surface area contributed by atoms with Crippen LogP contribution < -0.4 is 21.6 Å². The third kappa shape index (κ3) is 5.58. The fourth-order valence-corrected chi connectivity index (χ4v) is 6.21. The largest absolute Gasteiger partial charge is 0.397 e. The minimum absolute atomic E-state index is 0.411. The zero-order valence-corrected chi connectivity index (χ0v) is 26.4. The molecule has 3 heterocycles. The smallest absolute Gasteiger partial charge is 0.0943 e. The molecule has 5 nitrogen and oxygen atoms in total. The van der Waals surface area contributed by atoms with E-state index in [1.54, 1.807) is 6.08 Å². The summed E-state index contributed by atoms with van der Waals surface area (Å²) in [6, 6.07) is 35.8. The molecular formula is C42H33N5. The quantitative estimate of drug-likeness (QED) is 0.193. The number of rotatable bonds is 6. The van der Waals surface area contributed by atoms with Crippen molar-refractivity contribution < 1.29 is 0 Å². The molecule has 5 heteroatoms. The first-order valence-electron chi connectivity index (χ1n) is 15.5. The standard InChI is InChI=1S/C42H33N5/c1-5-8-37-29(16-22-36(45-37)27(3)43)15-12-28-13-21-38-31(25-28)18-24-39(46-38)34-19-20-35(33-10-7-6-9-32(33)34)40-23-17-30-14-11-26(2)41(44-4)42(30)47-40/h1,6-11,13-25,44H,3,12,43H2,2,4H3/b29-15-,37-8+. The van der Waals surface area contributed by atoms with E-state index in [9.17, 15) is 0 Å². The van der Waals surface area contributed by atoms with E-state index < -0.39 is 0 Å². The van der Waals surface area contributed by atoms with Crippen molar-refractivity contribution in [2.24, 2.45) is 5.73 Å². The number of nitrogens with two attached hydrogens (primary N) is 1. The lowest BCUT2D eigenvalue weighted by atomic mass is 9.95. The Morgan fingerprint density at radius 2 is 1.53 bits per heavy atom. The van der Waals surface area contributed by atoms with Gasteiger partial charge in [-0.2, -0.15) is 0 Å². The van der Waals surface area contributed by atoms with Gasteiger partial charge in [0.2, 0.25) is 0 Å². The number of fused-ring (bicyclic) bond motifs is 3. The highest BCUT2D eigenvalue weighted by Crippen LogP contribution is 2.36. The van der Waals surface area contributed by atoms with Crippen molar-refractivity contribution in [2.45, 2.75) is 13.3 Å². The summed E-state index contributed by atoms with van der Waals surface area (Å²) in [6.45, 7) is 5.89. The van der Waals surface area contributed by atoms with Gasteiger partial charge >= 0.3 is 0 Å². The molecule has 7 aromatic rings. The molecule has 0 amide bonds. The van der Waals surface area contributed by atoms with Gasteiger partial charge in [0.05, 0.1) is 44.8 Å². The number of pyridine rings is 3. The molecule has 0 atom stereocenters. The number of hydrogen-bond acceptors (Lipinski definition) is 5.